The Hall–Kier alpha value is -1.78. The maximum Gasteiger partial charge on any atom is 1.00 e. The molecule has 23 heavy (non-hydrogen) atoms. The number of aliphatic hydroxyl groups excluding tert-OH is 1. The molecule has 1 unspecified atom stereocenters. The number of aromatic nitrogens is 2. The summed E-state index contributed by atoms with van der Waals surface area (Å²) < 4.78 is 9.98. The van der Waals surface area contributed by atoms with Crippen molar-refractivity contribution in [2.24, 2.45) is 0 Å². The summed E-state index contributed by atoms with van der Waals surface area (Å²) in [6.45, 7) is 0. The quantitative estimate of drug-likeness (QED) is 0.609. The zero-order chi connectivity index (χ0) is 16.3. The molecule has 2 rings (SSSR count). The number of carbonyl (C=O) groups excluding carboxylic acids is 1. The van der Waals surface area contributed by atoms with E-state index in [0.29, 0.717) is 0 Å². The number of carboxylic acid groups (broad SMARTS) is 1. The molecule has 116 valence electrons. The molecule has 2 aromatic rings. The predicted molar refractivity (Wildman–Crippen MR) is 75.0 cm³/mol. The molecule has 9 heteroatoms. The first-order chi connectivity index (χ1) is 10.5. The molecular formula is C14H12ClLiN2O5. The second-order valence-electron chi connectivity index (χ2n) is 4.20. The second kappa shape index (κ2) is 8.18. The van der Waals surface area contributed by atoms with E-state index in [1.54, 1.807) is 0 Å². The van der Waals surface area contributed by atoms with Crippen molar-refractivity contribution in [2.45, 2.75) is 6.10 Å². The van der Waals surface area contributed by atoms with Gasteiger partial charge in [0.1, 0.15) is 6.10 Å². The Bertz CT molecular complexity index is 691. The van der Waals surface area contributed by atoms with Crippen molar-refractivity contribution < 1.29 is 43.3 Å². The Kier molecular flexibility index (Phi) is 6.85. The van der Waals surface area contributed by atoms with Gasteiger partial charge in [-0.15, -0.1) is 0 Å². The molecule has 1 atom stereocenters. The van der Waals surface area contributed by atoms with Gasteiger partial charge in [-0.25, -0.2) is 0 Å². The molecule has 0 aliphatic carbocycles. The molecular weight excluding hydrogens is 319 g/mol. The van der Waals surface area contributed by atoms with Crippen LogP contribution in [0.15, 0.2) is 24.3 Å². The Labute approximate surface area is 149 Å². The van der Waals surface area contributed by atoms with Crippen molar-refractivity contribution >= 4 is 17.6 Å². The molecule has 7 nitrogen and oxygen atoms in total. The van der Waals surface area contributed by atoms with Crippen molar-refractivity contribution in [1.29, 1.82) is 0 Å². The number of aliphatic hydroxyl groups is 1. The third-order valence-electron chi connectivity index (χ3n) is 2.90. The van der Waals surface area contributed by atoms with Crippen LogP contribution in [0.4, 0.5) is 0 Å². The van der Waals surface area contributed by atoms with E-state index in [4.69, 9.17) is 21.1 Å². The minimum atomic E-state index is -1.51. The molecule has 0 bridgehead atoms. The second-order valence-corrected chi connectivity index (χ2v) is 4.61. The standard InChI is InChI=1S/C14H13ClN2O5.Li/c1-21-9-6-10(22-2)17-13(16-9)12(18)7-4-3-5-8(15)11(7)14(19)20;/h3-6,12,18H,1-2H3,(H,19,20);/q;+1/p-1. The number of methoxy groups -OCH3 is 2. The molecule has 0 saturated carbocycles. The average Bonchev–Trinajstić information content (AvgIpc) is 2.52. The van der Waals surface area contributed by atoms with Crippen LogP contribution in [-0.4, -0.2) is 35.3 Å². The van der Waals surface area contributed by atoms with E-state index < -0.39 is 12.1 Å². The number of hydrogen-bond donors (Lipinski definition) is 1. The zero-order valence-corrected chi connectivity index (χ0v) is 13.5. The normalized spacial score (nSPS) is 11.3. The fourth-order valence-corrected chi connectivity index (χ4v) is 2.13. The van der Waals surface area contributed by atoms with Gasteiger partial charge in [-0.3, -0.25) is 0 Å². The number of nitrogens with zero attached hydrogens (tertiary/aromatic N) is 2. The summed E-state index contributed by atoms with van der Waals surface area (Å²) in [6, 6.07) is 5.71. The molecule has 0 fully saturated rings. The Morgan fingerprint density at radius 1 is 1.26 bits per heavy atom. The third kappa shape index (κ3) is 4.15. The van der Waals surface area contributed by atoms with Crippen molar-refractivity contribution in [3.05, 3.63) is 46.2 Å². The molecule has 1 N–H and O–H groups in total. The summed E-state index contributed by atoms with van der Waals surface area (Å²) in [6.07, 6.45) is -1.43. The van der Waals surface area contributed by atoms with Crippen LogP contribution in [0.5, 0.6) is 11.8 Å². The number of hydrogen-bond acceptors (Lipinski definition) is 7. The van der Waals surface area contributed by atoms with E-state index in [1.807, 2.05) is 0 Å². The summed E-state index contributed by atoms with van der Waals surface area (Å²) >= 11 is 5.85. The third-order valence-corrected chi connectivity index (χ3v) is 3.22. The SMILES string of the molecule is COc1cc(OC)nc(C(O)c2cccc(Cl)c2C(=O)[O-])n1.[Li+]. The number of benzene rings is 1. The molecule has 0 amide bonds. The van der Waals surface area contributed by atoms with Gasteiger partial charge in [-0.05, 0) is 11.6 Å². The first-order valence-corrected chi connectivity index (χ1v) is 6.50. The number of aromatic carboxylic acids is 1. The van der Waals surface area contributed by atoms with Crippen LogP contribution >= 0.6 is 11.6 Å². The van der Waals surface area contributed by atoms with Gasteiger partial charge in [-0.2, -0.15) is 9.97 Å². The summed E-state index contributed by atoms with van der Waals surface area (Å²) in [5.74, 6) is -1.26. The fraction of sp³-hybridized carbons (Fsp3) is 0.214. The van der Waals surface area contributed by atoms with Gasteiger partial charge in [0.05, 0.1) is 26.3 Å². The number of halogens is 1. The monoisotopic (exact) mass is 330 g/mol. The predicted octanol–water partition coefficient (Wildman–Crippen LogP) is -2.40. The van der Waals surface area contributed by atoms with Crippen molar-refractivity contribution in [2.75, 3.05) is 14.2 Å². The minimum absolute atomic E-state index is 0. The van der Waals surface area contributed by atoms with E-state index in [1.165, 1.54) is 38.5 Å². The van der Waals surface area contributed by atoms with Crippen LogP contribution < -0.4 is 33.4 Å². The first kappa shape index (κ1) is 19.3. The number of carboxylic acids is 1. The van der Waals surface area contributed by atoms with Crippen molar-refractivity contribution in [3.63, 3.8) is 0 Å². The molecule has 0 aliphatic heterocycles. The van der Waals surface area contributed by atoms with E-state index in [2.05, 4.69) is 9.97 Å². The van der Waals surface area contributed by atoms with Crippen LogP contribution in [0.2, 0.25) is 5.02 Å². The summed E-state index contributed by atoms with van der Waals surface area (Å²) in [5.41, 5.74) is -0.301. The van der Waals surface area contributed by atoms with Crippen molar-refractivity contribution in [1.82, 2.24) is 9.97 Å². The molecule has 0 spiro atoms. The summed E-state index contributed by atoms with van der Waals surface area (Å²) in [4.78, 5) is 19.2. The Balaban J connectivity index is 0.00000264. The van der Waals surface area contributed by atoms with Crippen LogP contribution in [-0.2, 0) is 0 Å². The molecule has 1 aromatic heterocycles. The van der Waals surface area contributed by atoms with E-state index in [0.717, 1.165) is 0 Å². The number of ether oxygens (including phenoxy) is 2. The first-order valence-electron chi connectivity index (χ1n) is 6.12. The average molecular weight is 331 g/mol. The van der Waals surface area contributed by atoms with Gasteiger partial charge in [-0.1, -0.05) is 23.7 Å². The van der Waals surface area contributed by atoms with Gasteiger partial charge < -0.3 is 24.5 Å². The maximum atomic E-state index is 11.2. The molecule has 1 heterocycles. The maximum absolute atomic E-state index is 11.2. The molecule has 0 aliphatic rings. The molecule has 0 radical (unpaired) electrons. The fourth-order valence-electron chi connectivity index (χ4n) is 1.88. The van der Waals surface area contributed by atoms with Gasteiger partial charge in [0, 0.05) is 10.6 Å². The summed E-state index contributed by atoms with van der Waals surface area (Å²) in [7, 11) is 2.79. The number of carbonyl (C=O) groups is 1. The van der Waals surface area contributed by atoms with Crippen molar-refractivity contribution in [3.8, 4) is 11.8 Å². The van der Waals surface area contributed by atoms with Gasteiger partial charge in [0.15, 0.2) is 5.82 Å². The summed E-state index contributed by atoms with van der Waals surface area (Å²) in [5, 5.41) is 21.6. The van der Waals surface area contributed by atoms with Crippen LogP contribution in [0.25, 0.3) is 0 Å². The van der Waals surface area contributed by atoms with E-state index >= 15 is 0 Å². The zero-order valence-electron chi connectivity index (χ0n) is 12.7. The topological polar surface area (TPSA) is 105 Å². The Morgan fingerprint density at radius 2 is 1.83 bits per heavy atom. The Morgan fingerprint density at radius 3 is 2.30 bits per heavy atom. The van der Waals surface area contributed by atoms with Gasteiger partial charge >= 0.3 is 18.9 Å². The smallest absolute Gasteiger partial charge is 0.545 e. The van der Waals surface area contributed by atoms with Crippen LogP contribution in [0.1, 0.15) is 27.8 Å². The van der Waals surface area contributed by atoms with Gasteiger partial charge in [0.2, 0.25) is 11.8 Å². The molecule has 0 saturated heterocycles. The largest absolute Gasteiger partial charge is 1.00 e. The van der Waals surface area contributed by atoms with Gasteiger partial charge in [0.25, 0.3) is 0 Å². The minimum Gasteiger partial charge on any atom is -0.545 e. The molecule has 1 aromatic carbocycles. The van der Waals surface area contributed by atoms with E-state index in [-0.39, 0.29) is 52.6 Å². The number of rotatable bonds is 5. The van der Waals surface area contributed by atoms with Crippen LogP contribution in [0.3, 0.4) is 0 Å². The van der Waals surface area contributed by atoms with Crippen LogP contribution in [0, 0.1) is 0 Å². The van der Waals surface area contributed by atoms with E-state index in [9.17, 15) is 15.0 Å².